The maximum atomic E-state index is 6.08. The van der Waals surface area contributed by atoms with Gasteiger partial charge in [-0.2, -0.15) is 0 Å². The van der Waals surface area contributed by atoms with Crippen LogP contribution in [0.4, 0.5) is 0 Å². The zero-order valence-corrected chi connectivity index (χ0v) is 18.4. The van der Waals surface area contributed by atoms with Gasteiger partial charge in [0.25, 0.3) is 0 Å². The van der Waals surface area contributed by atoms with E-state index in [1.54, 1.807) is 0 Å². The highest BCUT2D eigenvalue weighted by atomic mass is 16.5. The highest BCUT2D eigenvalue weighted by Gasteiger charge is 2.16. The fraction of sp³-hybridized carbons (Fsp3) is 0.739. The summed E-state index contributed by atoms with van der Waals surface area (Å²) in [5.41, 5.74) is 1.11. The van der Waals surface area contributed by atoms with Gasteiger partial charge in [-0.15, -0.1) is 0 Å². The van der Waals surface area contributed by atoms with Gasteiger partial charge in [0, 0.05) is 44.5 Å². The quantitative estimate of drug-likeness (QED) is 0.326. The van der Waals surface area contributed by atoms with E-state index in [-0.39, 0.29) is 0 Å². The number of hydrogen-bond donors (Lipinski definition) is 2. The van der Waals surface area contributed by atoms with Crippen molar-refractivity contribution in [2.24, 2.45) is 10.9 Å². The Bertz CT molecular complexity index is 629. The van der Waals surface area contributed by atoms with Crippen LogP contribution in [0.25, 0.3) is 0 Å². The summed E-state index contributed by atoms with van der Waals surface area (Å²) in [5.74, 6) is 2.12. The van der Waals surface area contributed by atoms with E-state index in [1.165, 1.54) is 19.3 Å². The van der Waals surface area contributed by atoms with Crippen LogP contribution in [-0.4, -0.2) is 56.6 Å². The molecule has 0 spiro atoms. The van der Waals surface area contributed by atoms with E-state index in [1.807, 2.05) is 18.3 Å². The Morgan fingerprint density at radius 1 is 1.23 bits per heavy atom. The van der Waals surface area contributed by atoms with Gasteiger partial charge in [0.15, 0.2) is 5.96 Å². The molecule has 7 heteroatoms. The average molecular weight is 419 g/mol. The van der Waals surface area contributed by atoms with Gasteiger partial charge in [0.1, 0.15) is 6.10 Å². The van der Waals surface area contributed by atoms with Crippen molar-refractivity contribution in [3.8, 4) is 5.88 Å². The molecule has 2 heterocycles. The maximum absolute atomic E-state index is 6.08. The van der Waals surface area contributed by atoms with Crippen molar-refractivity contribution in [1.82, 2.24) is 15.6 Å². The number of rotatable bonds is 11. The molecule has 1 aromatic heterocycles. The third-order valence-corrected chi connectivity index (χ3v) is 5.54. The molecule has 0 amide bonds. The number of ether oxygens (including phenoxy) is 3. The number of aromatic nitrogens is 1. The van der Waals surface area contributed by atoms with Gasteiger partial charge >= 0.3 is 0 Å². The van der Waals surface area contributed by atoms with Crippen LogP contribution in [0.15, 0.2) is 23.3 Å². The van der Waals surface area contributed by atoms with Gasteiger partial charge in [0.05, 0.1) is 19.8 Å². The summed E-state index contributed by atoms with van der Waals surface area (Å²) in [4.78, 5) is 9.09. The lowest BCUT2D eigenvalue weighted by Crippen LogP contribution is -2.38. The zero-order valence-electron chi connectivity index (χ0n) is 18.4. The molecule has 1 aliphatic carbocycles. The van der Waals surface area contributed by atoms with Crippen molar-refractivity contribution < 1.29 is 14.2 Å². The number of guanidine groups is 1. The van der Waals surface area contributed by atoms with Crippen molar-refractivity contribution in [2.45, 2.75) is 64.5 Å². The van der Waals surface area contributed by atoms with Crippen molar-refractivity contribution in [1.29, 1.82) is 0 Å². The lowest BCUT2D eigenvalue weighted by molar-refractivity contribution is 0.0888. The summed E-state index contributed by atoms with van der Waals surface area (Å²) < 4.78 is 17.2. The zero-order chi connectivity index (χ0) is 20.9. The Kier molecular flexibility index (Phi) is 10.2. The second kappa shape index (κ2) is 13.4. The summed E-state index contributed by atoms with van der Waals surface area (Å²) in [5, 5.41) is 6.69. The van der Waals surface area contributed by atoms with Gasteiger partial charge in [-0.1, -0.05) is 6.42 Å². The van der Waals surface area contributed by atoms with Gasteiger partial charge < -0.3 is 24.8 Å². The number of aliphatic imine (C=N–C) groups is 1. The number of hydrogen-bond acceptors (Lipinski definition) is 5. The maximum Gasteiger partial charge on any atom is 0.213 e. The van der Waals surface area contributed by atoms with E-state index in [0.717, 1.165) is 82.6 Å². The lowest BCUT2D eigenvalue weighted by atomic mass is 9.98. The smallest absolute Gasteiger partial charge is 0.213 e. The molecular weight excluding hydrogens is 380 g/mol. The van der Waals surface area contributed by atoms with E-state index < -0.39 is 0 Å². The van der Waals surface area contributed by atoms with E-state index in [2.05, 4.69) is 22.5 Å². The Morgan fingerprint density at radius 3 is 2.93 bits per heavy atom. The molecule has 2 fully saturated rings. The normalized spacial score (nSPS) is 20.3. The minimum atomic E-state index is 0.312. The predicted octanol–water partition coefficient (Wildman–Crippen LogP) is 3.29. The molecule has 30 heavy (non-hydrogen) atoms. The van der Waals surface area contributed by atoms with E-state index >= 15 is 0 Å². The largest absolute Gasteiger partial charge is 0.474 e. The highest BCUT2D eigenvalue weighted by Crippen LogP contribution is 2.22. The molecule has 1 aliphatic heterocycles. The standard InChI is InChI=1S/C23H38N4O3/c1-2-24-23(26-11-6-13-28-17-20-10-14-29-18-20)27-16-19-9-12-25-22(15-19)30-21-7-4-3-5-8-21/h9,12,15,20-21H,2-8,10-11,13-14,16-18H2,1H3,(H2,24,26,27). The Labute approximate surface area is 181 Å². The molecule has 0 aromatic carbocycles. The molecule has 0 radical (unpaired) electrons. The Hall–Kier alpha value is -1.86. The van der Waals surface area contributed by atoms with Crippen LogP contribution in [0.3, 0.4) is 0 Å². The second-order valence-corrected chi connectivity index (χ2v) is 8.16. The summed E-state index contributed by atoms with van der Waals surface area (Å²) in [7, 11) is 0. The van der Waals surface area contributed by atoms with Crippen molar-refractivity contribution in [2.75, 3.05) is 39.5 Å². The van der Waals surface area contributed by atoms with E-state index in [0.29, 0.717) is 18.6 Å². The summed E-state index contributed by atoms with van der Waals surface area (Å²) in [6.07, 6.45) is 10.3. The Morgan fingerprint density at radius 2 is 2.13 bits per heavy atom. The topological polar surface area (TPSA) is 77.0 Å². The molecular formula is C23H38N4O3. The molecule has 2 aliphatic rings. The molecule has 1 saturated heterocycles. The van der Waals surface area contributed by atoms with E-state index in [4.69, 9.17) is 19.2 Å². The van der Waals surface area contributed by atoms with Crippen LogP contribution in [0.5, 0.6) is 5.88 Å². The molecule has 1 atom stereocenters. The van der Waals surface area contributed by atoms with Gasteiger partial charge in [-0.25, -0.2) is 9.98 Å². The molecule has 0 bridgehead atoms. The average Bonchev–Trinajstić information content (AvgIpc) is 3.29. The monoisotopic (exact) mass is 418 g/mol. The number of nitrogens with one attached hydrogen (secondary N) is 2. The van der Waals surface area contributed by atoms with Gasteiger partial charge in [0.2, 0.25) is 5.88 Å². The third kappa shape index (κ3) is 8.48. The fourth-order valence-electron chi connectivity index (χ4n) is 3.82. The minimum absolute atomic E-state index is 0.312. The molecule has 1 aromatic rings. The molecule has 1 saturated carbocycles. The fourth-order valence-corrected chi connectivity index (χ4v) is 3.82. The SMILES string of the molecule is CCNC(=NCc1ccnc(OC2CCCCC2)c1)NCCCOCC1CCOC1. The second-order valence-electron chi connectivity index (χ2n) is 8.16. The van der Waals surface area contributed by atoms with Gasteiger partial charge in [-0.05, 0) is 57.1 Å². The predicted molar refractivity (Wildman–Crippen MR) is 119 cm³/mol. The first-order chi connectivity index (χ1) is 14.8. The van der Waals surface area contributed by atoms with Crippen LogP contribution in [0, 0.1) is 5.92 Å². The Balaban J connectivity index is 1.38. The molecule has 2 N–H and O–H groups in total. The third-order valence-electron chi connectivity index (χ3n) is 5.54. The minimum Gasteiger partial charge on any atom is -0.474 e. The first-order valence-corrected chi connectivity index (χ1v) is 11.6. The van der Waals surface area contributed by atoms with Crippen LogP contribution in [0.2, 0.25) is 0 Å². The van der Waals surface area contributed by atoms with Crippen LogP contribution in [0.1, 0.15) is 57.4 Å². The highest BCUT2D eigenvalue weighted by molar-refractivity contribution is 5.79. The first kappa shape index (κ1) is 22.8. The summed E-state index contributed by atoms with van der Waals surface area (Å²) in [6.45, 7) is 7.62. The molecule has 7 nitrogen and oxygen atoms in total. The summed E-state index contributed by atoms with van der Waals surface area (Å²) >= 11 is 0. The number of pyridine rings is 1. The summed E-state index contributed by atoms with van der Waals surface area (Å²) in [6, 6.07) is 4.02. The molecule has 168 valence electrons. The van der Waals surface area contributed by atoms with Crippen molar-refractivity contribution in [3.63, 3.8) is 0 Å². The van der Waals surface area contributed by atoms with Crippen LogP contribution >= 0.6 is 0 Å². The van der Waals surface area contributed by atoms with Gasteiger partial charge in [-0.3, -0.25) is 0 Å². The van der Waals surface area contributed by atoms with Crippen molar-refractivity contribution in [3.05, 3.63) is 23.9 Å². The lowest BCUT2D eigenvalue weighted by Gasteiger charge is -2.22. The van der Waals surface area contributed by atoms with Crippen molar-refractivity contribution >= 4 is 5.96 Å². The van der Waals surface area contributed by atoms with E-state index in [9.17, 15) is 0 Å². The van der Waals surface area contributed by atoms with Crippen LogP contribution in [-0.2, 0) is 16.0 Å². The first-order valence-electron chi connectivity index (χ1n) is 11.6. The number of nitrogens with zero attached hydrogens (tertiary/aromatic N) is 2. The molecule has 1 unspecified atom stereocenters. The van der Waals surface area contributed by atoms with Crippen LogP contribution < -0.4 is 15.4 Å². The molecule has 3 rings (SSSR count).